The fraction of sp³-hybridized carbons (Fsp3) is 0. The molecule has 0 saturated carbocycles. The molecule has 0 saturated heterocycles. The van der Waals surface area contributed by atoms with Crippen LogP contribution >= 0.6 is 22.7 Å². The van der Waals surface area contributed by atoms with E-state index >= 15 is 0 Å². The monoisotopic (exact) mass is 587 g/mol. The van der Waals surface area contributed by atoms with Crippen molar-refractivity contribution >= 4 is 77.6 Å². The minimum atomic E-state index is -0.187. The highest BCUT2D eigenvalue weighted by Gasteiger charge is 2.33. The van der Waals surface area contributed by atoms with Gasteiger partial charge in [0.05, 0.1) is 16.9 Å². The number of rotatable bonds is 3. The fourth-order valence-electron chi connectivity index (χ4n) is 6.50. The van der Waals surface area contributed by atoms with E-state index in [0.717, 1.165) is 20.0 Å². The number of carbonyl (C=O) groups excluding carboxylic acids is 2. The van der Waals surface area contributed by atoms with E-state index in [4.69, 9.17) is 0 Å². The Morgan fingerprint density at radius 3 is 1.98 bits per heavy atom. The third kappa shape index (κ3) is 3.59. The fourth-order valence-corrected chi connectivity index (χ4v) is 8.89. The number of benzene rings is 5. The first-order valence-electron chi connectivity index (χ1n) is 14.1. The summed E-state index contributed by atoms with van der Waals surface area (Å²) in [6, 6.07) is 41.7. The molecule has 7 aromatic rings. The van der Waals surface area contributed by atoms with Crippen LogP contribution in [0.5, 0.6) is 0 Å². The number of nitrogens with zero attached hydrogens (tertiary/aromatic N) is 1. The molecule has 3 heterocycles. The highest BCUT2D eigenvalue weighted by molar-refractivity contribution is 7.30. The van der Waals surface area contributed by atoms with Gasteiger partial charge in [-0.05, 0) is 59.0 Å². The van der Waals surface area contributed by atoms with Crippen LogP contribution < -0.4 is 4.90 Å². The van der Waals surface area contributed by atoms with Crippen molar-refractivity contribution in [3.8, 4) is 21.6 Å². The first kappa shape index (κ1) is 24.5. The van der Waals surface area contributed by atoms with Crippen LogP contribution in [0.2, 0.25) is 0 Å². The minimum absolute atomic E-state index is 0.187. The van der Waals surface area contributed by atoms with Crippen molar-refractivity contribution < 1.29 is 9.59 Å². The SMILES string of the molecule is O=C1C(=Cc2cc3sc(-c4ccc5c6c(cccc46)-c4ccccc4N5c4ccccc4)cc3s2)C(=O)c2ccccc21. The summed E-state index contributed by atoms with van der Waals surface area (Å²) < 4.78 is 2.30. The maximum absolute atomic E-state index is 12.9. The first-order chi connectivity index (χ1) is 21.2. The highest BCUT2D eigenvalue weighted by Crippen LogP contribution is 2.53. The van der Waals surface area contributed by atoms with E-state index in [2.05, 4.69) is 102 Å². The van der Waals surface area contributed by atoms with Crippen LogP contribution in [0, 0.1) is 0 Å². The second-order valence-electron chi connectivity index (χ2n) is 10.8. The molecule has 1 aliphatic carbocycles. The Hall–Kier alpha value is -5.10. The van der Waals surface area contributed by atoms with Crippen LogP contribution in [0.25, 0.3) is 47.8 Å². The van der Waals surface area contributed by atoms with E-state index in [0.29, 0.717) is 11.1 Å². The summed E-state index contributed by atoms with van der Waals surface area (Å²) in [7, 11) is 0. The molecule has 0 spiro atoms. The Morgan fingerprint density at radius 1 is 0.535 bits per heavy atom. The molecule has 0 fully saturated rings. The molecule has 0 atom stereocenters. The number of hydrogen-bond donors (Lipinski definition) is 0. The molecule has 1 aliphatic heterocycles. The predicted octanol–water partition coefficient (Wildman–Crippen LogP) is 10.7. The highest BCUT2D eigenvalue weighted by atomic mass is 32.1. The second kappa shape index (κ2) is 9.20. The van der Waals surface area contributed by atoms with E-state index in [9.17, 15) is 9.59 Å². The zero-order valence-corrected chi connectivity index (χ0v) is 24.3. The number of Topliss-reactive ketones (excluding diaryl/α,β-unsaturated/α-hetero) is 2. The molecule has 5 heteroatoms. The molecule has 0 N–H and O–H groups in total. The molecule has 0 bridgehead atoms. The van der Waals surface area contributed by atoms with Gasteiger partial charge in [0.2, 0.25) is 0 Å². The molecule has 5 aromatic carbocycles. The summed E-state index contributed by atoms with van der Waals surface area (Å²) in [5.41, 5.74) is 8.42. The van der Waals surface area contributed by atoms with Crippen LogP contribution in [0.15, 0.2) is 127 Å². The van der Waals surface area contributed by atoms with Crippen molar-refractivity contribution in [3.63, 3.8) is 0 Å². The third-order valence-corrected chi connectivity index (χ3v) is 10.7. The maximum Gasteiger partial charge on any atom is 0.197 e. The molecular formula is C38H21NO2S2. The lowest BCUT2D eigenvalue weighted by Crippen LogP contribution is -2.14. The summed E-state index contributed by atoms with van der Waals surface area (Å²) in [4.78, 5) is 30.3. The Kier molecular flexibility index (Phi) is 5.24. The van der Waals surface area contributed by atoms with Crippen molar-refractivity contribution in [2.24, 2.45) is 0 Å². The quantitative estimate of drug-likeness (QED) is 0.152. The molecule has 3 nitrogen and oxygen atoms in total. The summed E-state index contributed by atoms with van der Waals surface area (Å²) in [5, 5.41) is 2.48. The lowest BCUT2D eigenvalue weighted by Gasteiger charge is -2.33. The number of hydrogen-bond acceptors (Lipinski definition) is 5. The second-order valence-corrected chi connectivity index (χ2v) is 13.0. The zero-order valence-electron chi connectivity index (χ0n) is 22.7. The molecule has 2 aliphatic rings. The van der Waals surface area contributed by atoms with Gasteiger partial charge in [-0.3, -0.25) is 9.59 Å². The third-order valence-electron chi connectivity index (χ3n) is 8.39. The molecule has 202 valence electrons. The lowest BCUT2D eigenvalue weighted by atomic mass is 9.89. The minimum Gasteiger partial charge on any atom is -0.309 e. The van der Waals surface area contributed by atoms with E-state index in [-0.39, 0.29) is 17.1 Å². The summed E-state index contributed by atoms with van der Waals surface area (Å²) in [5.74, 6) is -0.374. The molecular weight excluding hydrogens is 567 g/mol. The van der Waals surface area contributed by atoms with Crippen LogP contribution in [-0.2, 0) is 0 Å². The van der Waals surface area contributed by atoms with Gasteiger partial charge < -0.3 is 4.90 Å². The molecule has 0 radical (unpaired) electrons. The van der Waals surface area contributed by atoms with E-state index < -0.39 is 0 Å². The summed E-state index contributed by atoms with van der Waals surface area (Å²) >= 11 is 3.37. The van der Waals surface area contributed by atoms with Crippen molar-refractivity contribution in [1.29, 1.82) is 0 Å². The standard InChI is InChI=1S/C38H21NO2S2/c40-37-28-12-4-5-13-29(28)38(41)30(37)19-23-20-34-35(42-23)21-33(43-34)25-17-18-32-36-26(14-8-15-27(25)36)24-11-6-7-16-31(24)39(32)22-9-2-1-3-10-22/h1-21H. The van der Waals surface area contributed by atoms with Crippen molar-refractivity contribution in [1.82, 2.24) is 0 Å². The number of carbonyl (C=O) groups is 2. The van der Waals surface area contributed by atoms with E-state index in [1.54, 1.807) is 53.0 Å². The Labute approximate surface area is 255 Å². The maximum atomic E-state index is 12.9. The summed E-state index contributed by atoms with van der Waals surface area (Å²) in [6.07, 6.45) is 1.76. The molecule has 9 rings (SSSR count). The Bertz CT molecular complexity index is 2270. The van der Waals surface area contributed by atoms with Gasteiger partial charge in [0.15, 0.2) is 11.6 Å². The molecule has 0 unspecified atom stereocenters. The van der Waals surface area contributed by atoms with Gasteiger partial charge in [-0.25, -0.2) is 0 Å². The van der Waals surface area contributed by atoms with Gasteiger partial charge in [-0.15, -0.1) is 22.7 Å². The normalized spacial score (nSPS) is 13.6. The Balaban J connectivity index is 1.16. The number of anilines is 3. The topological polar surface area (TPSA) is 37.4 Å². The summed E-state index contributed by atoms with van der Waals surface area (Å²) in [6.45, 7) is 0. The number of thiophene rings is 2. The van der Waals surface area contributed by atoms with Crippen LogP contribution in [0.3, 0.4) is 0 Å². The van der Waals surface area contributed by atoms with Gasteiger partial charge in [0, 0.05) is 46.9 Å². The predicted molar refractivity (Wildman–Crippen MR) is 179 cm³/mol. The Morgan fingerprint density at radius 2 is 1.21 bits per heavy atom. The van der Waals surface area contributed by atoms with Gasteiger partial charge in [-0.1, -0.05) is 84.9 Å². The largest absolute Gasteiger partial charge is 0.309 e. The first-order valence-corrected chi connectivity index (χ1v) is 15.7. The van der Waals surface area contributed by atoms with Crippen molar-refractivity contribution in [2.45, 2.75) is 0 Å². The lowest BCUT2D eigenvalue weighted by molar-refractivity contribution is 0.0990. The smallest absolute Gasteiger partial charge is 0.197 e. The van der Waals surface area contributed by atoms with Crippen molar-refractivity contribution in [2.75, 3.05) is 4.90 Å². The average molecular weight is 588 g/mol. The number of fused-ring (bicyclic) bond motifs is 4. The zero-order chi connectivity index (χ0) is 28.7. The van der Waals surface area contributed by atoms with Crippen LogP contribution in [0.1, 0.15) is 25.6 Å². The van der Waals surface area contributed by atoms with Gasteiger partial charge in [-0.2, -0.15) is 0 Å². The van der Waals surface area contributed by atoms with Crippen LogP contribution in [-0.4, -0.2) is 11.6 Å². The number of ketones is 2. The molecule has 0 amide bonds. The van der Waals surface area contributed by atoms with E-state index in [1.807, 2.05) is 0 Å². The number of allylic oxidation sites excluding steroid dienone is 1. The van der Waals surface area contributed by atoms with Crippen LogP contribution in [0.4, 0.5) is 17.1 Å². The average Bonchev–Trinajstić information content (AvgIpc) is 3.69. The van der Waals surface area contributed by atoms with Gasteiger partial charge in [0.1, 0.15) is 0 Å². The van der Waals surface area contributed by atoms with Gasteiger partial charge >= 0.3 is 0 Å². The van der Waals surface area contributed by atoms with Crippen molar-refractivity contribution in [3.05, 3.63) is 143 Å². The van der Waals surface area contributed by atoms with Gasteiger partial charge in [0.25, 0.3) is 0 Å². The van der Waals surface area contributed by atoms with E-state index in [1.165, 1.54) is 43.7 Å². The molecule has 2 aromatic heterocycles. The number of para-hydroxylation sites is 2. The molecule has 43 heavy (non-hydrogen) atoms.